The number of amides is 1. The molecule has 0 aromatic heterocycles. The first-order chi connectivity index (χ1) is 10.5. The van der Waals surface area contributed by atoms with Gasteiger partial charge in [-0.2, -0.15) is 4.99 Å². The van der Waals surface area contributed by atoms with Crippen molar-refractivity contribution in [3.8, 4) is 0 Å². The van der Waals surface area contributed by atoms with Crippen molar-refractivity contribution in [3.05, 3.63) is 58.2 Å². The summed E-state index contributed by atoms with van der Waals surface area (Å²) in [6.45, 7) is 4.38. The van der Waals surface area contributed by atoms with Crippen LogP contribution in [0.2, 0.25) is 0 Å². The Bertz CT molecular complexity index is 744. The van der Waals surface area contributed by atoms with Crippen LogP contribution in [0.4, 0.5) is 0 Å². The van der Waals surface area contributed by atoms with E-state index in [0.717, 1.165) is 21.4 Å². The number of carbonyl (C=O) groups excluding carboxylic acids is 1. The Morgan fingerprint density at radius 2 is 2.09 bits per heavy atom. The minimum atomic E-state index is -0.154. The van der Waals surface area contributed by atoms with Crippen LogP contribution in [0.15, 0.2) is 57.1 Å². The molecule has 0 aliphatic carbocycles. The number of hydrogen-bond acceptors (Lipinski definition) is 2. The highest BCUT2D eigenvalue weighted by Gasteiger charge is 2.21. The predicted molar refractivity (Wildman–Crippen MR) is 92.0 cm³/mol. The van der Waals surface area contributed by atoms with Crippen LogP contribution in [0.25, 0.3) is 0 Å². The second-order valence-electron chi connectivity index (χ2n) is 5.53. The van der Waals surface area contributed by atoms with Crippen molar-refractivity contribution >= 4 is 33.5 Å². The van der Waals surface area contributed by atoms with Gasteiger partial charge in [-0.05, 0) is 33.6 Å². The lowest BCUT2D eigenvalue weighted by molar-refractivity contribution is -0.120. The van der Waals surface area contributed by atoms with Crippen molar-refractivity contribution in [1.82, 2.24) is 4.90 Å². The molecule has 0 saturated carbocycles. The van der Waals surface area contributed by atoms with Crippen LogP contribution >= 0.6 is 15.9 Å². The minimum Gasteiger partial charge on any atom is -0.327 e. The minimum absolute atomic E-state index is 0.143. The van der Waals surface area contributed by atoms with Gasteiger partial charge in [-0.15, -0.1) is 0 Å². The van der Waals surface area contributed by atoms with E-state index in [0.29, 0.717) is 12.4 Å². The molecule has 0 saturated heterocycles. The predicted octanol–water partition coefficient (Wildman–Crippen LogP) is 3.64. The van der Waals surface area contributed by atoms with Crippen LogP contribution < -0.4 is 0 Å². The summed E-state index contributed by atoms with van der Waals surface area (Å²) in [5, 5.41) is 0. The number of amidine groups is 2. The maximum atomic E-state index is 12.0. The molecule has 1 aromatic rings. The summed E-state index contributed by atoms with van der Waals surface area (Å²) in [6, 6.07) is 7.94. The van der Waals surface area contributed by atoms with Gasteiger partial charge in [-0.3, -0.25) is 4.79 Å². The van der Waals surface area contributed by atoms with Crippen molar-refractivity contribution in [2.75, 3.05) is 0 Å². The summed E-state index contributed by atoms with van der Waals surface area (Å²) < 4.78 is 0.988. The number of aliphatic imine (C=N–C) groups is 2. The molecule has 3 rings (SSSR count). The van der Waals surface area contributed by atoms with Crippen molar-refractivity contribution in [2.24, 2.45) is 15.9 Å². The molecule has 1 amide bonds. The summed E-state index contributed by atoms with van der Waals surface area (Å²) >= 11 is 3.48. The van der Waals surface area contributed by atoms with Gasteiger partial charge in [0.05, 0.1) is 0 Å². The second kappa shape index (κ2) is 6.01. The zero-order valence-electron chi connectivity index (χ0n) is 12.5. The molecule has 2 heterocycles. The molecule has 1 aromatic carbocycles. The van der Waals surface area contributed by atoms with Gasteiger partial charge in [0.25, 0.3) is 0 Å². The van der Waals surface area contributed by atoms with Crippen molar-refractivity contribution in [1.29, 1.82) is 0 Å². The van der Waals surface area contributed by atoms with Crippen molar-refractivity contribution in [3.63, 3.8) is 0 Å². The van der Waals surface area contributed by atoms with Gasteiger partial charge in [-0.25, -0.2) is 4.99 Å². The Balaban J connectivity index is 2.13. The standard InChI is InChI=1S/C17H16BrN3O/c1-11(2)17(22)20-16-14-6-4-3-5-12(14)9-21-10-13(18)7-8-15(21)19-16/h3-8,10-11H,9H2,1-2H3. The maximum absolute atomic E-state index is 12.0. The number of hydrogen-bond donors (Lipinski definition) is 0. The van der Waals surface area contributed by atoms with Gasteiger partial charge in [0.2, 0.25) is 5.91 Å². The number of carbonyl (C=O) groups is 1. The average molecular weight is 358 g/mol. The van der Waals surface area contributed by atoms with Crippen LogP contribution in [0.1, 0.15) is 25.0 Å². The van der Waals surface area contributed by atoms with E-state index in [-0.39, 0.29) is 11.8 Å². The van der Waals surface area contributed by atoms with E-state index >= 15 is 0 Å². The lowest BCUT2D eigenvalue weighted by atomic mass is 10.1. The van der Waals surface area contributed by atoms with E-state index in [1.807, 2.05) is 61.4 Å². The fourth-order valence-corrected chi connectivity index (χ4v) is 2.66. The van der Waals surface area contributed by atoms with Crippen LogP contribution in [0.5, 0.6) is 0 Å². The molecule has 0 N–H and O–H groups in total. The van der Waals surface area contributed by atoms with Crippen LogP contribution in [0.3, 0.4) is 0 Å². The molecule has 0 spiro atoms. The molecule has 0 unspecified atom stereocenters. The van der Waals surface area contributed by atoms with E-state index < -0.39 is 0 Å². The number of allylic oxidation sites excluding steroid dienone is 2. The first-order valence-electron chi connectivity index (χ1n) is 7.16. The van der Waals surface area contributed by atoms with Gasteiger partial charge in [0.1, 0.15) is 5.84 Å². The highest BCUT2D eigenvalue weighted by Crippen LogP contribution is 2.23. The summed E-state index contributed by atoms with van der Waals surface area (Å²) in [7, 11) is 0. The third-order valence-corrected chi connectivity index (χ3v) is 3.96. The molecule has 112 valence electrons. The summed E-state index contributed by atoms with van der Waals surface area (Å²) in [5.41, 5.74) is 2.01. The first-order valence-corrected chi connectivity index (χ1v) is 7.95. The summed E-state index contributed by atoms with van der Waals surface area (Å²) in [4.78, 5) is 22.9. The van der Waals surface area contributed by atoms with Crippen molar-refractivity contribution < 1.29 is 4.79 Å². The Kier molecular flexibility index (Phi) is 4.07. The first kappa shape index (κ1) is 14.9. The molecule has 22 heavy (non-hydrogen) atoms. The maximum Gasteiger partial charge on any atom is 0.250 e. The number of benzene rings is 1. The van der Waals surface area contributed by atoms with Gasteiger partial charge < -0.3 is 4.90 Å². The molecule has 0 fully saturated rings. The van der Waals surface area contributed by atoms with Crippen molar-refractivity contribution in [2.45, 2.75) is 20.4 Å². The normalized spacial score (nSPS) is 18.5. The molecule has 2 aliphatic heterocycles. The molecule has 0 atom stereocenters. The molecule has 5 heteroatoms. The van der Waals surface area contributed by atoms with Crippen LogP contribution in [-0.4, -0.2) is 22.5 Å². The van der Waals surface area contributed by atoms with Crippen LogP contribution in [0, 0.1) is 5.92 Å². The van der Waals surface area contributed by atoms with E-state index in [9.17, 15) is 4.79 Å². The fraction of sp³-hybridized carbons (Fsp3) is 0.235. The summed E-state index contributed by atoms with van der Waals surface area (Å²) in [5.74, 6) is 0.979. The second-order valence-corrected chi connectivity index (χ2v) is 6.45. The highest BCUT2D eigenvalue weighted by molar-refractivity contribution is 9.11. The average Bonchev–Trinajstić information content (AvgIpc) is 2.63. The third-order valence-electron chi connectivity index (χ3n) is 3.49. The van der Waals surface area contributed by atoms with Crippen LogP contribution in [-0.2, 0) is 11.3 Å². The largest absolute Gasteiger partial charge is 0.327 e. The Morgan fingerprint density at radius 1 is 1.32 bits per heavy atom. The third kappa shape index (κ3) is 2.95. The molecular weight excluding hydrogens is 342 g/mol. The smallest absolute Gasteiger partial charge is 0.250 e. The molecule has 0 bridgehead atoms. The lowest BCUT2D eigenvalue weighted by Crippen LogP contribution is -2.25. The Labute approximate surface area is 138 Å². The number of fused-ring (bicyclic) bond motifs is 2. The monoisotopic (exact) mass is 357 g/mol. The Hall–Kier alpha value is -2.01. The fourth-order valence-electron chi connectivity index (χ4n) is 2.28. The van der Waals surface area contributed by atoms with E-state index in [1.54, 1.807) is 0 Å². The zero-order chi connectivity index (χ0) is 15.7. The van der Waals surface area contributed by atoms with E-state index in [4.69, 9.17) is 0 Å². The van der Waals surface area contributed by atoms with Gasteiger partial charge >= 0.3 is 0 Å². The number of nitrogens with zero attached hydrogens (tertiary/aromatic N) is 3. The SMILES string of the molecule is CC(C)C(=O)N=C1N=C2C=CC(Br)=CN2Cc2ccccc21. The topological polar surface area (TPSA) is 45.0 Å². The number of halogens is 1. The molecular formula is C17H16BrN3O. The quantitative estimate of drug-likeness (QED) is 0.770. The zero-order valence-corrected chi connectivity index (χ0v) is 14.0. The lowest BCUT2D eigenvalue weighted by Gasteiger charge is -2.21. The Morgan fingerprint density at radius 3 is 2.86 bits per heavy atom. The molecule has 0 radical (unpaired) electrons. The highest BCUT2D eigenvalue weighted by atomic mass is 79.9. The van der Waals surface area contributed by atoms with E-state index in [1.165, 1.54) is 0 Å². The van der Waals surface area contributed by atoms with E-state index in [2.05, 4.69) is 25.9 Å². The van der Waals surface area contributed by atoms with Gasteiger partial charge in [0.15, 0.2) is 5.84 Å². The number of rotatable bonds is 1. The molecule has 4 nitrogen and oxygen atoms in total. The van der Waals surface area contributed by atoms with Gasteiger partial charge in [-0.1, -0.05) is 38.1 Å². The van der Waals surface area contributed by atoms with Gasteiger partial charge in [0, 0.05) is 28.7 Å². The summed E-state index contributed by atoms with van der Waals surface area (Å²) in [6.07, 6.45) is 5.85. The molecule has 2 aliphatic rings.